The number of nitrogens with zero attached hydrogens (tertiary/aromatic N) is 1. The fourth-order valence-corrected chi connectivity index (χ4v) is 2.01. The van der Waals surface area contributed by atoms with Crippen molar-refractivity contribution in [3.8, 4) is 0 Å². The lowest BCUT2D eigenvalue weighted by molar-refractivity contribution is -0.276. The van der Waals surface area contributed by atoms with Gasteiger partial charge in [-0.05, 0) is 20.8 Å². The van der Waals surface area contributed by atoms with Crippen LogP contribution in [0.2, 0.25) is 0 Å². The molecule has 1 rings (SSSR count). The van der Waals surface area contributed by atoms with E-state index in [9.17, 15) is 27.9 Å². The molecule has 2 atom stereocenters. The second-order valence-corrected chi connectivity index (χ2v) is 6.01. The van der Waals surface area contributed by atoms with Crippen LogP contribution in [0.3, 0.4) is 0 Å². The van der Waals surface area contributed by atoms with Crippen LogP contribution < -0.4 is 0 Å². The quantitative estimate of drug-likeness (QED) is 0.770. The first-order valence-corrected chi connectivity index (χ1v) is 6.28. The Balaban J connectivity index is 2.96. The molecule has 0 bridgehead atoms. The Morgan fingerprint density at radius 2 is 1.81 bits per heavy atom. The summed E-state index contributed by atoms with van der Waals surface area (Å²) in [5.74, 6) is -1.62. The van der Waals surface area contributed by atoms with E-state index in [1.165, 1.54) is 0 Å². The highest BCUT2D eigenvalue weighted by molar-refractivity contribution is 5.80. The first-order valence-electron chi connectivity index (χ1n) is 6.28. The number of carboxylic acid groups (broad SMARTS) is 1. The van der Waals surface area contributed by atoms with Crippen LogP contribution in [0.5, 0.6) is 0 Å². The van der Waals surface area contributed by atoms with Gasteiger partial charge in [0, 0.05) is 19.4 Å². The van der Waals surface area contributed by atoms with Gasteiger partial charge in [-0.2, -0.15) is 13.2 Å². The van der Waals surface area contributed by atoms with Gasteiger partial charge in [0.2, 0.25) is 0 Å². The fraction of sp³-hybridized carbons (Fsp3) is 0.833. The Kier molecular flexibility index (Phi) is 4.48. The van der Waals surface area contributed by atoms with Gasteiger partial charge < -0.3 is 14.9 Å². The van der Waals surface area contributed by atoms with Crippen LogP contribution in [0.4, 0.5) is 18.0 Å². The molecule has 1 amide bonds. The number of aliphatic carboxylic acids is 1. The normalized spacial score (nSPS) is 27.4. The summed E-state index contributed by atoms with van der Waals surface area (Å²) in [6.45, 7) is 4.10. The predicted octanol–water partition coefficient (Wildman–Crippen LogP) is 1.76. The van der Waals surface area contributed by atoms with Gasteiger partial charge >= 0.3 is 18.2 Å². The van der Waals surface area contributed by atoms with E-state index in [0.29, 0.717) is 4.90 Å². The van der Waals surface area contributed by atoms with Crippen LogP contribution in [-0.2, 0) is 9.53 Å². The van der Waals surface area contributed by atoms with E-state index in [2.05, 4.69) is 0 Å². The zero-order chi connectivity index (χ0) is 16.6. The lowest BCUT2D eigenvalue weighted by atomic mass is 9.86. The Morgan fingerprint density at radius 1 is 1.29 bits per heavy atom. The minimum absolute atomic E-state index is 0.554. The zero-order valence-corrected chi connectivity index (χ0v) is 11.9. The van der Waals surface area contributed by atoms with Crippen LogP contribution in [0, 0.1) is 0 Å². The van der Waals surface area contributed by atoms with Crippen molar-refractivity contribution in [2.45, 2.75) is 57.0 Å². The summed E-state index contributed by atoms with van der Waals surface area (Å²) in [4.78, 5) is 23.7. The van der Waals surface area contributed by atoms with E-state index >= 15 is 0 Å². The molecule has 1 fully saturated rings. The molecule has 0 aliphatic carbocycles. The molecular weight excluding hydrogens is 295 g/mol. The smallest absolute Gasteiger partial charge is 0.417 e. The molecule has 2 N–H and O–H groups in total. The molecule has 6 nitrogen and oxygen atoms in total. The van der Waals surface area contributed by atoms with Crippen molar-refractivity contribution in [3.05, 3.63) is 0 Å². The number of carbonyl (C=O) groups is 2. The van der Waals surface area contributed by atoms with Crippen molar-refractivity contribution in [1.29, 1.82) is 0 Å². The Bertz CT molecular complexity index is 432. The van der Waals surface area contributed by atoms with Gasteiger partial charge in [-0.3, -0.25) is 4.90 Å². The third-order valence-electron chi connectivity index (χ3n) is 3.11. The summed E-state index contributed by atoms with van der Waals surface area (Å²) in [6, 6.07) is -1.79. The predicted molar refractivity (Wildman–Crippen MR) is 64.6 cm³/mol. The molecule has 0 aromatic carbocycles. The Hall–Kier alpha value is -1.51. The second-order valence-electron chi connectivity index (χ2n) is 6.01. The number of hydrogen-bond donors (Lipinski definition) is 2. The molecule has 122 valence electrons. The maximum absolute atomic E-state index is 12.8. The molecule has 1 saturated heterocycles. The van der Waals surface area contributed by atoms with E-state index in [4.69, 9.17) is 9.84 Å². The molecule has 1 heterocycles. The number of carboxylic acids is 1. The van der Waals surface area contributed by atoms with Crippen molar-refractivity contribution in [3.63, 3.8) is 0 Å². The van der Waals surface area contributed by atoms with E-state index in [1.54, 1.807) is 20.8 Å². The fourth-order valence-electron chi connectivity index (χ4n) is 2.01. The van der Waals surface area contributed by atoms with Gasteiger partial charge in [0.15, 0.2) is 5.60 Å². The molecule has 1 aliphatic rings. The molecule has 21 heavy (non-hydrogen) atoms. The summed E-state index contributed by atoms with van der Waals surface area (Å²) in [5, 5.41) is 18.6. The molecule has 0 radical (unpaired) electrons. The van der Waals surface area contributed by atoms with Crippen LogP contribution in [0.15, 0.2) is 0 Å². The number of alkyl halides is 3. The molecule has 0 saturated carbocycles. The van der Waals surface area contributed by atoms with E-state index in [-0.39, 0.29) is 0 Å². The summed E-state index contributed by atoms with van der Waals surface area (Å²) in [6.07, 6.45) is -7.88. The van der Waals surface area contributed by atoms with Gasteiger partial charge in [0.05, 0.1) is 0 Å². The Morgan fingerprint density at radius 3 is 2.19 bits per heavy atom. The zero-order valence-electron chi connectivity index (χ0n) is 11.9. The number of amides is 1. The largest absolute Gasteiger partial charge is 0.480 e. The summed E-state index contributed by atoms with van der Waals surface area (Å²) in [5.41, 5.74) is -4.02. The highest BCUT2D eigenvalue weighted by Crippen LogP contribution is 2.40. The van der Waals surface area contributed by atoms with Gasteiger partial charge in [-0.1, -0.05) is 0 Å². The lowest BCUT2D eigenvalue weighted by Crippen LogP contribution is -2.61. The van der Waals surface area contributed by atoms with Crippen LogP contribution >= 0.6 is 0 Å². The first kappa shape index (κ1) is 17.5. The number of piperidine rings is 1. The van der Waals surface area contributed by atoms with Crippen molar-refractivity contribution < 1.29 is 37.7 Å². The number of rotatable bonds is 1. The number of hydrogen-bond acceptors (Lipinski definition) is 4. The first-order chi connectivity index (χ1) is 9.27. The highest BCUT2D eigenvalue weighted by atomic mass is 19.4. The average Bonchev–Trinajstić information content (AvgIpc) is 2.24. The van der Waals surface area contributed by atoms with E-state index in [1.807, 2.05) is 0 Å². The standard InChI is InChI=1S/C12H18F3NO5/c1-10(2,3)21-9(19)16-5-4-11(20,12(13,14)15)6-7(16)8(17)18/h7,20H,4-6H2,1-3H3,(H,17,18)/t7-,11-/m1/s1. The molecule has 9 heteroatoms. The third-order valence-corrected chi connectivity index (χ3v) is 3.11. The minimum Gasteiger partial charge on any atom is -0.480 e. The van der Waals surface area contributed by atoms with Gasteiger partial charge in [0.25, 0.3) is 0 Å². The second kappa shape index (κ2) is 5.36. The number of likely N-dealkylation sites (tertiary alicyclic amines) is 1. The highest BCUT2D eigenvalue weighted by Gasteiger charge is 2.59. The molecular formula is C12H18F3NO5. The molecule has 1 aliphatic heterocycles. The summed E-state index contributed by atoms with van der Waals surface area (Å²) >= 11 is 0. The topological polar surface area (TPSA) is 87.1 Å². The van der Waals surface area contributed by atoms with Crippen molar-refractivity contribution in [2.75, 3.05) is 6.54 Å². The minimum atomic E-state index is -4.96. The number of halogens is 3. The maximum Gasteiger partial charge on any atom is 0.417 e. The van der Waals surface area contributed by atoms with E-state index < -0.39 is 54.9 Å². The average molecular weight is 313 g/mol. The van der Waals surface area contributed by atoms with Gasteiger partial charge in [-0.15, -0.1) is 0 Å². The maximum atomic E-state index is 12.8. The Labute approximate surface area is 119 Å². The summed E-state index contributed by atoms with van der Waals surface area (Å²) < 4.78 is 43.3. The lowest BCUT2D eigenvalue weighted by Gasteiger charge is -2.42. The van der Waals surface area contributed by atoms with Crippen molar-refractivity contribution >= 4 is 12.1 Å². The number of ether oxygens (including phenoxy) is 1. The van der Waals surface area contributed by atoms with Crippen LogP contribution in [0.25, 0.3) is 0 Å². The molecule has 0 spiro atoms. The van der Waals surface area contributed by atoms with Crippen molar-refractivity contribution in [2.24, 2.45) is 0 Å². The van der Waals surface area contributed by atoms with Gasteiger partial charge in [-0.25, -0.2) is 9.59 Å². The van der Waals surface area contributed by atoms with Crippen LogP contribution in [-0.4, -0.2) is 57.1 Å². The number of aliphatic hydroxyl groups is 1. The van der Waals surface area contributed by atoms with Crippen LogP contribution in [0.1, 0.15) is 33.6 Å². The SMILES string of the molecule is CC(C)(C)OC(=O)N1CC[C@](O)(C(F)(F)F)C[C@@H]1C(=O)O. The third kappa shape index (κ3) is 3.99. The summed E-state index contributed by atoms with van der Waals surface area (Å²) in [7, 11) is 0. The number of carbonyl (C=O) groups excluding carboxylic acids is 1. The van der Waals surface area contributed by atoms with E-state index in [0.717, 1.165) is 0 Å². The monoisotopic (exact) mass is 313 g/mol. The molecule has 0 unspecified atom stereocenters. The van der Waals surface area contributed by atoms with Crippen molar-refractivity contribution in [1.82, 2.24) is 4.90 Å². The van der Waals surface area contributed by atoms with Gasteiger partial charge in [0.1, 0.15) is 11.6 Å². The molecule has 0 aromatic heterocycles. The molecule has 0 aromatic rings.